The van der Waals surface area contributed by atoms with Crippen molar-refractivity contribution in [2.45, 2.75) is 24.2 Å². The van der Waals surface area contributed by atoms with Crippen molar-refractivity contribution in [1.82, 2.24) is 4.98 Å². The second-order valence-corrected chi connectivity index (χ2v) is 4.27. The Morgan fingerprint density at radius 1 is 1.29 bits per heavy atom. The molecule has 1 heterocycles. The highest BCUT2D eigenvalue weighted by molar-refractivity contribution is 14.1. The largest absolute Gasteiger partial charge is 0.358 e. The van der Waals surface area contributed by atoms with Crippen molar-refractivity contribution in [3.8, 4) is 0 Å². The summed E-state index contributed by atoms with van der Waals surface area (Å²) in [5.41, 5.74) is 4.19. The lowest BCUT2D eigenvalue weighted by atomic mass is 10.1. The second-order valence-electron chi connectivity index (χ2n) is 3.51. The summed E-state index contributed by atoms with van der Waals surface area (Å²) in [6.07, 6.45) is 2.36. The number of para-hydroxylation sites is 1. The summed E-state index contributed by atoms with van der Waals surface area (Å²) >= 11 is 2.44. The van der Waals surface area contributed by atoms with Crippen LogP contribution in [0.25, 0.3) is 10.9 Å². The first kappa shape index (κ1) is 10.0. The molecule has 2 aromatic rings. The molecular weight excluding hydrogens is 285 g/mol. The molecule has 1 aromatic carbocycles. The maximum Gasteiger partial charge on any atom is 0.0459 e. The first-order valence-corrected chi connectivity index (χ1v) is 6.53. The first-order chi connectivity index (χ1) is 6.86. The predicted molar refractivity (Wildman–Crippen MR) is 70.0 cm³/mol. The van der Waals surface area contributed by atoms with E-state index in [1.807, 2.05) is 0 Å². The van der Waals surface area contributed by atoms with Gasteiger partial charge >= 0.3 is 0 Å². The molecule has 0 spiro atoms. The average molecular weight is 299 g/mol. The van der Waals surface area contributed by atoms with Crippen LogP contribution in [0.4, 0.5) is 0 Å². The Balaban J connectivity index is 2.60. The number of hydrogen-bond donors (Lipinski definition) is 1. The molecule has 0 radical (unpaired) electrons. The van der Waals surface area contributed by atoms with E-state index in [9.17, 15) is 0 Å². The van der Waals surface area contributed by atoms with E-state index in [4.69, 9.17) is 0 Å². The Bertz CT molecular complexity index is 431. The van der Waals surface area contributed by atoms with E-state index >= 15 is 0 Å². The summed E-state index contributed by atoms with van der Waals surface area (Å²) < 4.78 is 1.09. The zero-order chi connectivity index (χ0) is 9.97. The van der Waals surface area contributed by atoms with Gasteiger partial charge in [0.15, 0.2) is 0 Å². The summed E-state index contributed by atoms with van der Waals surface area (Å²) in [6, 6.07) is 8.57. The molecule has 0 unspecified atom stereocenters. The standard InChI is InChI=1S/C12H14IN/c1-2-5-11-10(8-13)9-6-3-4-7-12(9)14-11/h3-4,6-7,14H,2,5,8H2,1H3. The van der Waals surface area contributed by atoms with Crippen molar-refractivity contribution in [2.75, 3.05) is 0 Å². The van der Waals surface area contributed by atoms with E-state index in [0.717, 1.165) is 10.8 Å². The lowest BCUT2D eigenvalue weighted by Crippen LogP contribution is -1.87. The molecule has 0 saturated heterocycles. The van der Waals surface area contributed by atoms with Crippen LogP contribution in [0.2, 0.25) is 0 Å². The van der Waals surface area contributed by atoms with Crippen molar-refractivity contribution in [1.29, 1.82) is 0 Å². The number of hydrogen-bond acceptors (Lipinski definition) is 0. The quantitative estimate of drug-likeness (QED) is 0.650. The van der Waals surface area contributed by atoms with Crippen LogP contribution in [0.5, 0.6) is 0 Å². The number of benzene rings is 1. The Kier molecular flexibility index (Phi) is 3.11. The summed E-state index contributed by atoms with van der Waals surface area (Å²) in [7, 11) is 0. The van der Waals surface area contributed by atoms with Crippen molar-refractivity contribution >= 4 is 33.5 Å². The number of halogens is 1. The lowest BCUT2D eigenvalue weighted by Gasteiger charge is -1.98. The topological polar surface area (TPSA) is 15.8 Å². The van der Waals surface area contributed by atoms with Gasteiger partial charge in [-0.25, -0.2) is 0 Å². The summed E-state index contributed by atoms with van der Waals surface area (Å²) in [5, 5.41) is 1.39. The van der Waals surface area contributed by atoms with Crippen molar-refractivity contribution < 1.29 is 0 Å². The molecule has 14 heavy (non-hydrogen) atoms. The summed E-state index contributed by atoms with van der Waals surface area (Å²) in [5.74, 6) is 0. The van der Waals surface area contributed by atoms with Crippen LogP contribution in [0.15, 0.2) is 24.3 Å². The van der Waals surface area contributed by atoms with E-state index in [2.05, 4.69) is 58.8 Å². The average Bonchev–Trinajstić information content (AvgIpc) is 2.55. The van der Waals surface area contributed by atoms with Crippen molar-refractivity contribution in [2.24, 2.45) is 0 Å². The molecule has 0 fully saturated rings. The lowest BCUT2D eigenvalue weighted by molar-refractivity contribution is 0.887. The monoisotopic (exact) mass is 299 g/mol. The maximum absolute atomic E-state index is 3.51. The van der Waals surface area contributed by atoms with Crippen LogP contribution in [-0.2, 0) is 10.8 Å². The smallest absolute Gasteiger partial charge is 0.0459 e. The van der Waals surface area contributed by atoms with Gasteiger partial charge in [0.05, 0.1) is 0 Å². The number of alkyl halides is 1. The van der Waals surface area contributed by atoms with E-state index in [0.29, 0.717) is 0 Å². The van der Waals surface area contributed by atoms with Gasteiger partial charge in [0.25, 0.3) is 0 Å². The molecule has 0 aliphatic carbocycles. The highest BCUT2D eigenvalue weighted by Crippen LogP contribution is 2.25. The molecule has 0 saturated carbocycles. The fourth-order valence-corrected chi connectivity index (χ4v) is 2.74. The van der Waals surface area contributed by atoms with Crippen LogP contribution >= 0.6 is 22.6 Å². The van der Waals surface area contributed by atoms with Gasteiger partial charge in [-0.05, 0) is 18.1 Å². The molecule has 1 nitrogen and oxygen atoms in total. The van der Waals surface area contributed by atoms with Gasteiger partial charge in [-0.3, -0.25) is 0 Å². The Labute approximate surface area is 98.0 Å². The van der Waals surface area contributed by atoms with E-state index < -0.39 is 0 Å². The fraction of sp³-hybridized carbons (Fsp3) is 0.333. The van der Waals surface area contributed by atoms with Crippen molar-refractivity contribution in [3.05, 3.63) is 35.5 Å². The van der Waals surface area contributed by atoms with Gasteiger partial charge in [-0.1, -0.05) is 54.1 Å². The number of H-pyrrole nitrogens is 1. The van der Waals surface area contributed by atoms with Gasteiger partial charge in [0, 0.05) is 21.0 Å². The zero-order valence-electron chi connectivity index (χ0n) is 8.31. The molecule has 1 N–H and O–H groups in total. The van der Waals surface area contributed by atoms with Gasteiger partial charge in [0.1, 0.15) is 0 Å². The number of aromatic amines is 1. The molecule has 0 aliphatic heterocycles. The third-order valence-electron chi connectivity index (χ3n) is 2.54. The predicted octanol–water partition coefficient (Wildman–Crippen LogP) is 4.06. The molecule has 0 atom stereocenters. The summed E-state index contributed by atoms with van der Waals surface area (Å²) in [6.45, 7) is 2.22. The number of nitrogens with one attached hydrogen (secondary N) is 1. The highest BCUT2D eigenvalue weighted by Gasteiger charge is 2.08. The zero-order valence-corrected chi connectivity index (χ0v) is 10.5. The number of fused-ring (bicyclic) bond motifs is 1. The highest BCUT2D eigenvalue weighted by atomic mass is 127. The van der Waals surface area contributed by atoms with Crippen LogP contribution in [0.3, 0.4) is 0 Å². The van der Waals surface area contributed by atoms with Crippen LogP contribution in [-0.4, -0.2) is 4.98 Å². The Hall–Kier alpha value is -0.510. The summed E-state index contributed by atoms with van der Waals surface area (Å²) in [4.78, 5) is 3.51. The molecule has 0 aliphatic rings. The maximum atomic E-state index is 3.51. The van der Waals surface area contributed by atoms with Crippen molar-refractivity contribution in [3.63, 3.8) is 0 Å². The molecule has 2 rings (SSSR count). The first-order valence-electron chi connectivity index (χ1n) is 5.01. The second kappa shape index (κ2) is 4.34. The minimum absolute atomic E-state index is 1.09. The Morgan fingerprint density at radius 2 is 2.07 bits per heavy atom. The number of rotatable bonds is 3. The molecule has 0 amide bonds. The van der Waals surface area contributed by atoms with Gasteiger partial charge < -0.3 is 4.98 Å². The van der Waals surface area contributed by atoms with E-state index in [1.165, 1.54) is 28.6 Å². The molecule has 74 valence electrons. The molecule has 0 bridgehead atoms. The molecule has 2 heteroatoms. The normalized spacial score (nSPS) is 11.0. The molecule has 1 aromatic heterocycles. The fourth-order valence-electron chi connectivity index (χ4n) is 1.87. The van der Waals surface area contributed by atoms with Gasteiger partial charge in [-0.2, -0.15) is 0 Å². The number of aromatic nitrogens is 1. The molecular formula is C12H14IN. The number of aryl methyl sites for hydroxylation is 1. The third kappa shape index (κ3) is 1.67. The van der Waals surface area contributed by atoms with E-state index in [-0.39, 0.29) is 0 Å². The Morgan fingerprint density at radius 3 is 2.79 bits per heavy atom. The minimum Gasteiger partial charge on any atom is -0.358 e. The van der Waals surface area contributed by atoms with Crippen LogP contribution in [0.1, 0.15) is 24.6 Å². The minimum atomic E-state index is 1.09. The van der Waals surface area contributed by atoms with Gasteiger partial charge in [-0.15, -0.1) is 0 Å². The van der Waals surface area contributed by atoms with E-state index in [1.54, 1.807) is 0 Å². The SMILES string of the molecule is CCCc1[nH]c2ccccc2c1CI. The van der Waals surface area contributed by atoms with Gasteiger partial charge in [0.2, 0.25) is 0 Å². The third-order valence-corrected chi connectivity index (χ3v) is 3.30. The van der Waals surface area contributed by atoms with Crippen LogP contribution in [0, 0.1) is 0 Å². The van der Waals surface area contributed by atoms with Crippen LogP contribution < -0.4 is 0 Å².